The van der Waals surface area contributed by atoms with Gasteiger partial charge in [-0.25, -0.2) is 4.98 Å². The van der Waals surface area contributed by atoms with Crippen molar-refractivity contribution in [2.24, 2.45) is 0 Å². The van der Waals surface area contributed by atoms with Gasteiger partial charge in [0.15, 0.2) is 0 Å². The quantitative estimate of drug-likeness (QED) is 0.780. The zero-order valence-corrected chi connectivity index (χ0v) is 11.4. The Morgan fingerprint density at radius 3 is 2.84 bits per heavy atom. The predicted molar refractivity (Wildman–Crippen MR) is 71.9 cm³/mol. The molecule has 104 valence electrons. The van der Waals surface area contributed by atoms with Crippen molar-refractivity contribution >= 4 is 29.3 Å². The Hall–Kier alpha value is -1.60. The molecule has 0 radical (unpaired) electrons. The van der Waals surface area contributed by atoms with Gasteiger partial charge >= 0.3 is 0 Å². The summed E-state index contributed by atoms with van der Waals surface area (Å²) in [4.78, 5) is 21.7. The molecule has 0 saturated carbocycles. The summed E-state index contributed by atoms with van der Waals surface area (Å²) in [6.45, 7) is 4.13. The number of halogens is 1. The highest BCUT2D eigenvalue weighted by Gasteiger charge is 2.22. The molecule has 1 unspecified atom stereocenters. The number of nitrogens with two attached hydrogens (primary N) is 1. The smallest absolute Gasteiger partial charge is 0.244 e. The normalized spacial score (nSPS) is 17.1. The minimum absolute atomic E-state index is 0.00314. The summed E-state index contributed by atoms with van der Waals surface area (Å²) >= 11 is 5.78. The van der Waals surface area contributed by atoms with Crippen LogP contribution in [0.25, 0.3) is 0 Å². The highest BCUT2D eigenvalue weighted by Crippen LogP contribution is 2.14. The molecule has 7 nitrogen and oxygen atoms in total. The Morgan fingerprint density at radius 2 is 2.21 bits per heavy atom. The molecule has 0 aliphatic carbocycles. The van der Waals surface area contributed by atoms with Crippen LogP contribution >= 0.6 is 11.6 Å². The molecule has 1 aliphatic heterocycles. The summed E-state index contributed by atoms with van der Waals surface area (Å²) in [5, 5.41) is 3.21. The first-order valence-corrected chi connectivity index (χ1v) is 6.37. The Bertz CT molecular complexity index is 444. The zero-order chi connectivity index (χ0) is 13.8. The van der Waals surface area contributed by atoms with Crippen molar-refractivity contribution in [3.63, 3.8) is 0 Å². The maximum atomic E-state index is 12.2. The third-order valence-electron chi connectivity index (χ3n) is 2.77. The Balaban J connectivity index is 1.99. The number of rotatable bonds is 3. The number of aromatic nitrogens is 2. The molecule has 2 heterocycles. The first kappa shape index (κ1) is 13.8. The minimum atomic E-state index is -0.413. The maximum Gasteiger partial charge on any atom is 0.244 e. The molecule has 1 aliphatic rings. The number of carbonyl (C=O) groups is 1. The second-order valence-electron chi connectivity index (χ2n) is 4.24. The van der Waals surface area contributed by atoms with Crippen LogP contribution in [-0.4, -0.2) is 53.1 Å². The number of amides is 1. The van der Waals surface area contributed by atoms with E-state index in [1.807, 2.05) is 0 Å². The van der Waals surface area contributed by atoms with Crippen molar-refractivity contribution in [3.05, 3.63) is 11.2 Å². The molecular formula is C11H16ClN5O2. The molecule has 0 bridgehead atoms. The standard InChI is InChI=1S/C11H16ClN5O2/c1-7(10(18)17-2-4-19-5-3-17)14-9-6-8(12)15-11(13)16-9/h6-7H,2-5H2,1H3,(H3,13,14,15,16). The van der Waals surface area contributed by atoms with Crippen molar-refractivity contribution < 1.29 is 9.53 Å². The molecule has 1 fully saturated rings. The topological polar surface area (TPSA) is 93.4 Å². The van der Waals surface area contributed by atoms with E-state index in [4.69, 9.17) is 22.1 Å². The van der Waals surface area contributed by atoms with Crippen molar-refractivity contribution in [1.29, 1.82) is 0 Å². The van der Waals surface area contributed by atoms with Crippen molar-refractivity contribution in [3.8, 4) is 0 Å². The molecule has 1 amide bonds. The van der Waals surface area contributed by atoms with Crippen LogP contribution in [0.5, 0.6) is 0 Å². The maximum absolute atomic E-state index is 12.2. The van der Waals surface area contributed by atoms with Crippen molar-refractivity contribution in [1.82, 2.24) is 14.9 Å². The van der Waals surface area contributed by atoms with Gasteiger partial charge in [-0.15, -0.1) is 0 Å². The second-order valence-corrected chi connectivity index (χ2v) is 4.63. The summed E-state index contributed by atoms with van der Waals surface area (Å²) in [5.41, 5.74) is 5.50. The molecule has 8 heteroatoms. The average molecular weight is 286 g/mol. The molecule has 19 heavy (non-hydrogen) atoms. The molecule has 1 aromatic heterocycles. The number of ether oxygens (including phenoxy) is 1. The fourth-order valence-electron chi connectivity index (χ4n) is 1.85. The van der Waals surface area contributed by atoms with Gasteiger partial charge in [0.05, 0.1) is 13.2 Å². The zero-order valence-electron chi connectivity index (χ0n) is 10.6. The van der Waals surface area contributed by atoms with Crippen molar-refractivity contribution in [2.75, 3.05) is 37.4 Å². The first-order chi connectivity index (χ1) is 9.06. The van der Waals surface area contributed by atoms with Gasteiger partial charge in [-0.05, 0) is 6.92 Å². The highest BCUT2D eigenvalue weighted by atomic mass is 35.5. The number of carbonyl (C=O) groups excluding carboxylic acids is 1. The Morgan fingerprint density at radius 1 is 1.53 bits per heavy atom. The summed E-state index contributed by atoms with van der Waals surface area (Å²) < 4.78 is 5.21. The van der Waals surface area contributed by atoms with Gasteiger partial charge in [0.2, 0.25) is 11.9 Å². The minimum Gasteiger partial charge on any atom is -0.378 e. The SMILES string of the molecule is CC(Nc1cc(Cl)nc(N)n1)C(=O)N1CCOCC1. The van der Waals surface area contributed by atoms with Gasteiger partial charge in [-0.1, -0.05) is 11.6 Å². The summed E-state index contributed by atoms with van der Waals surface area (Å²) in [6, 6.07) is 1.12. The summed E-state index contributed by atoms with van der Waals surface area (Å²) in [6.07, 6.45) is 0. The average Bonchev–Trinajstić information content (AvgIpc) is 2.37. The van der Waals surface area contributed by atoms with Crippen LogP contribution in [0.2, 0.25) is 5.15 Å². The van der Waals surface area contributed by atoms with Crippen LogP contribution in [0.4, 0.5) is 11.8 Å². The lowest BCUT2D eigenvalue weighted by Crippen LogP contribution is -2.47. The molecule has 3 N–H and O–H groups in total. The van der Waals surface area contributed by atoms with Crippen LogP contribution in [0, 0.1) is 0 Å². The van der Waals surface area contributed by atoms with E-state index in [1.54, 1.807) is 11.8 Å². The molecule has 1 aromatic rings. The van der Waals surface area contributed by atoms with Crippen LogP contribution in [-0.2, 0) is 9.53 Å². The molecule has 1 saturated heterocycles. The highest BCUT2D eigenvalue weighted by molar-refractivity contribution is 6.29. The Kier molecular flexibility index (Phi) is 4.39. The summed E-state index contributed by atoms with van der Waals surface area (Å²) in [5.74, 6) is 0.504. The van der Waals surface area contributed by atoms with E-state index in [2.05, 4.69) is 15.3 Å². The van der Waals surface area contributed by atoms with Gasteiger partial charge in [0.25, 0.3) is 0 Å². The van der Waals surface area contributed by atoms with Crippen LogP contribution in [0.3, 0.4) is 0 Å². The molecule has 1 atom stereocenters. The summed E-state index contributed by atoms with van der Waals surface area (Å²) in [7, 11) is 0. The molecular weight excluding hydrogens is 270 g/mol. The van der Waals surface area contributed by atoms with E-state index >= 15 is 0 Å². The van der Waals surface area contributed by atoms with E-state index in [-0.39, 0.29) is 17.0 Å². The number of anilines is 2. The van der Waals surface area contributed by atoms with Gasteiger partial charge in [0, 0.05) is 19.2 Å². The number of hydrogen-bond donors (Lipinski definition) is 2. The number of nitrogen functional groups attached to an aromatic ring is 1. The third-order valence-corrected chi connectivity index (χ3v) is 2.96. The van der Waals surface area contributed by atoms with Crippen LogP contribution in [0.15, 0.2) is 6.07 Å². The third kappa shape index (κ3) is 3.68. The van der Waals surface area contributed by atoms with E-state index in [0.29, 0.717) is 32.1 Å². The van der Waals surface area contributed by atoms with E-state index in [1.165, 1.54) is 6.07 Å². The number of morpholine rings is 1. The Labute approximate surface area is 116 Å². The lowest BCUT2D eigenvalue weighted by molar-refractivity contribution is -0.135. The fraction of sp³-hybridized carbons (Fsp3) is 0.545. The van der Waals surface area contributed by atoms with Crippen molar-refractivity contribution in [2.45, 2.75) is 13.0 Å². The lowest BCUT2D eigenvalue weighted by atomic mass is 10.2. The van der Waals surface area contributed by atoms with E-state index in [9.17, 15) is 4.79 Å². The van der Waals surface area contributed by atoms with E-state index < -0.39 is 6.04 Å². The number of nitrogens with zero attached hydrogens (tertiary/aromatic N) is 3. The molecule has 2 rings (SSSR count). The molecule has 0 spiro atoms. The monoisotopic (exact) mass is 285 g/mol. The first-order valence-electron chi connectivity index (χ1n) is 5.99. The van der Waals surface area contributed by atoms with Gasteiger partial charge < -0.3 is 20.7 Å². The molecule has 0 aromatic carbocycles. The van der Waals surface area contributed by atoms with Gasteiger partial charge in [-0.2, -0.15) is 4.98 Å². The second kappa shape index (κ2) is 6.03. The lowest BCUT2D eigenvalue weighted by Gasteiger charge is -2.29. The van der Waals surface area contributed by atoms with E-state index in [0.717, 1.165) is 0 Å². The van der Waals surface area contributed by atoms with Crippen LogP contribution in [0.1, 0.15) is 6.92 Å². The van der Waals surface area contributed by atoms with Gasteiger partial charge in [-0.3, -0.25) is 4.79 Å². The van der Waals surface area contributed by atoms with Gasteiger partial charge in [0.1, 0.15) is 17.0 Å². The largest absolute Gasteiger partial charge is 0.378 e. The fourth-order valence-corrected chi connectivity index (χ4v) is 2.04. The van der Waals surface area contributed by atoms with Crippen LogP contribution < -0.4 is 11.1 Å². The number of hydrogen-bond acceptors (Lipinski definition) is 6. The number of nitrogens with one attached hydrogen (secondary N) is 1. The predicted octanol–water partition coefficient (Wildman–Crippen LogP) is 0.371.